The molecule has 0 fully saturated rings. The van der Waals surface area contributed by atoms with Crippen LogP contribution in [0.5, 0.6) is 0 Å². The van der Waals surface area contributed by atoms with Crippen LogP contribution in [-0.2, 0) is 0 Å². The average Bonchev–Trinajstić information content (AvgIpc) is 2.97. The molecule has 0 spiro atoms. The molecule has 0 aliphatic carbocycles. The first kappa shape index (κ1) is 52.0. The molecule has 0 aromatic rings. The zero-order valence-corrected chi connectivity index (χ0v) is 34.6. The van der Waals surface area contributed by atoms with Gasteiger partial charge in [0.2, 0.25) is 0 Å². The minimum atomic E-state index is 0. The van der Waals surface area contributed by atoms with Gasteiger partial charge in [0.05, 0.1) is 0 Å². The Bertz CT molecular complexity index is 442. The van der Waals surface area contributed by atoms with E-state index in [4.69, 9.17) is 0 Å². The Kier molecular flexibility index (Phi) is 52.3. The van der Waals surface area contributed by atoms with Crippen LogP contribution in [0.3, 0.4) is 0 Å². The zero-order chi connectivity index (χ0) is 31.5. The van der Waals surface area contributed by atoms with Crippen LogP contribution in [0.25, 0.3) is 0 Å². The molecule has 44 heavy (non-hydrogen) atoms. The smallest absolute Gasteiger partial charge is 0.0180 e. The molecule has 0 saturated carbocycles. The average molecular weight is 702 g/mol. The lowest BCUT2D eigenvalue weighted by atomic mass is 10.0. The molecule has 0 saturated heterocycles. The van der Waals surface area contributed by atoms with E-state index in [0.717, 1.165) is 12.1 Å². The molecule has 0 aromatic heterocycles. The summed E-state index contributed by atoms with van der Waals surface area (Å²) in [4.78, 5) is 4.87. The standard InChI is InChI=1S/2C19H41NS.2ClH/c2*1-5-7-9-10-11-12-13-14-15-16-19(20(3)4)18-21-17-8-6-2;;/h2*19H,5-18H2,1-4H3;2*1H/p-2. The predicted molar refractivity (Wildman–Crippen MR) is 203 cm³/mol. The third-order valence-electron chi connectivity index (χ3n) is 8.65. The van der Waals surface area contributed by atoms with Gasteiger partial charge in [0.25, 0.3) is 0 Å². The first-order chi connectivity index (χ1) is 20.4. The van der Waals surface area contributed by atoms with Gasteiger partial charge in [-0.3, -0.25) is 0 Å². The highest BCUT2D eigenvalue weighted by Crippen LogP contribution is 2.18. The molecule has 0 bridgehead atoms. The largest absolute Gasteiger partial charge is 1.00 e. The maximum atomic E-state index is 2.43. The number of thioether (sulfide) groups is 2. The summed E-state index contributed by atoms with van der Waals surface area (Å²) < 4.78 is 0. The maximum absolute atomic E-state index is 2.43. The molecule has 0 radical (unpaired) electrons. The van der Waals surface area contributed by atoms with Crippen LogP contribution in [0.1, 0.15) is 182 Å². The Labute approximate surface area is 301 Å². The molecule has 2 atom stereocenters. The highest BCUT2D eigenvalue weighted by Gasteiger charge is 2.11. The quantitative estimate of drug-likeness (QED) is 0.0717. The minimum absolute atomic E-state index is 0. The Morgan fingerprint density at radius 1 is 0.364 bits per heavy atom. The highest BCUT2D eigenvalue weighted by molar-refractivity contribution is 7.99. The van der Waals surface area contributed by atoms with Crippen LogP contribution in [-0.4, -0.2) is 73.1 Å². The van der Waals surface area contributed by atoms with E-state index in [2.05, 4.69) is 89.2 Å². The molecule has 6 heteroatoms. The van der Waals surface area contributed by atoms with Crippen molar-refractivity contribution in [3.63, 3.8) is 0 Å². The minimum Gasteiger partial charge on any atom is -1.00 e. The maximum Gasteiger partial charge on any atom is 0.0180 e. The van der Waals surface area contributed by atoms with E-state index in [-0.39, 0.29) is 24.8 Å². The highest BCUT2D eigenvalue weighted by atomic mass is 35.5. The predicted octanol–water partition coefficient (Wildman–Crippen LogP) is 6.75. The second-order valence-corrected chi connectivity index (χ2v) is 15.6. The van der Waals surface area contributed by atoms with Gasteiger partial charge >= 0.3 is 0 Å². The molecule has 272 valence electrons. The zero-order valence-electron chi connectivity index (χ0n) is 31.4. The summed E-state index contributed by atoms with van der Waals surface area (Å²) in [7, 11) is 9.00. The van der Waals surface area contributed by atoms with Gasteiger partial charge < -0.3 is 34.6 Å². The van der Waals surface area contributed by atoms with Crippen LogP contribution in [0, 0.1) is 0 Å². The summed E-state index contributed by atoms with van der Waals surface area (Å²) in [6.07, 6.45) is 34.1. The van der Waals surface area contributed by atoms with Gasteiger partial charge in [-0.1, -0.05) is 156 Å². The number of rotatable bonds is 32. The van der Waals surface area contributed by atoms with Crippen molar-refractivity contribution in [1.82, 2.24) is 9.80 Å². The first-order valence-corrected chi connectivity index (χ1v) is 21.2. The van der Waals surface area contributed by atoms with Crippen LogP contribution < -0.4 is 24.8 Å². The lowest BCUT2D eigenvalue weighted by Crippen LogP contribution is -3.00. The van der Waals surface area contributed by atoms with E-state index in [0.29, 0.717) is 0 Å². The lowest BCUT2D eigenvalue weighted by molar-refractivity contribution is -0.001000. The summed E-state index contributed by atoms with van der Waals surface area (Å²) in [5, 5.41) is 0. The molecule has 0 rings (SSSR count). The first-order valence-electron chi connectivity index (χ1n) is 18.9. The number of unbranched alkanes of at least 4 members (excludes halogenated alkanes) is 18. The second kappa shape index (κ2) is 44.2. The van der Waals surface area contributed by atoms with Gasteiger partial charge in [0.1, 0.15) is 0 Å². The van der Waals surface area contributed by atoms with Crippen molar-refractivity contribution in [2.45, 2.75) is 194 Å². The summed E-state index contributed by atoms with van der Waals surface area (Å²) >= 11 is 4.30. The molecule has 0 heterocycles. The van der Waals surface area contributed by atoms with Crippen molar-refractivity contribution in [2.75, 3.05) is 51.2 Å². The van der Waals surface area contributed by atoms with E-state index >= 15 is 0 Å². The van der Waals surface area contributed by atoms with Gasteiger partial charge in [0, 0.05) is 23.6 Å². The summed E-state index contributed by atoms with van der Waals surface area (Å²) in [6.45, 7) is 9.15. The van der Waals surface area contributed by atoms with E-state index in [1.54, 1.807) is 0 Å². The fourth-order valence-electron chi connectivity index (χ4n) is 5.29. The number of hydrogen-bond acceptors (Lipinski definition) is 4. The molecule has 0 amide bonds. The van der Waals surface area contributed by atoms with E-state index in [1.807, 2.05) is 0 Å². The topological polar surface area (TPSA) is 6.48 Å². The van der Waals surface area contributed by atoms with Crippen molar-refractivity contribution >= 4 is 23.5 Å². The Morgan fingerprint density at radius 2 is 0.614 bits per heavy atom. The van der Waals surface area contributed by atoms with Crippen molar-refractivity contribution in [1.29, 1.82) is 0 Å². The summed E-state index contributed by atoms with van der Waals surface area (Å²) in [5.41, 5.74) is 0. The molecular formula is C38H82Cl2N2S2-2. The van der Waals surface area contributed by atoms with E-state index in [9.17, 15) is 0 Å². The normalized spacial score (nSPS) is 12.4. The van der Waals surface area contributed by atoms with Crippen molar-refractivity contribution in [2.24, 2.45) is 0 Å². The summed E-state index contributed by atoms with van der Waals surface area (Å²) in [5.74, 6) is 5.34. The molecule has 2 unspecified atom stereocenters. The Balaban J connectivity index is -0.000000348. The third-order valence-corrected chi connectivity index (χ3v) is 11.0. The monoisotopic (exact) mass is 701 g/mol. The van der Waals surface area contributed by atoms with Crippen molar-refractivity contribution < 1.29 is 24.8 Å². The fraction of sp³-hybridized carbons (Fsp3) is 1.00. The van der Waals surface area contributed by atoms with Gasteiger partial charge in [-0.25, -0.2) is 0 Å². The van der Waals surface area contributed by atoms with Crippen molar-refractivity contribution in [3.8, 4) is 0 Å². The van der Waals surface area contributed by atoms with Gasteiger partial charge in [-0.05, 0) is 65.4 Å². The fourth-order valence-corrected chi connectivity index (χ4v) is 8.09. The van der Waals surface area contributed by atoms with E-state index in [1.165, 1.54) is 177 Å². The second-order valence-electron chi connectivity index (χ2n) is 13.3. The number of halogens is 2. The number of nitrogens with zero attached hydrogens (tertiary/aromatic N) is 2. The van der Waals surface area contributed by atoms with Crippen LogP contribution in [0.15, 0.2) is 0 Å². The van der Waals surface area contributed by atoms with Gasteiger partial charge in [-0.2, -0.15) is 23.5 Å². The number of hydrogen-bond donors (Lipinski definition) is 0. The molecule has 2 nitrogen and oxygen atoms in total. The van der Waals surface area contributed by atoms with Crippen LogP contribution >= 0.6 is 23.5 Å². The van der Waals surface area contributed by atoms with E-state index < -0.39 is 0 Å². The lowest BCUT2D eigenvalue weighted by Gasteiger charge is -2.24. The van der Waals surface area contributed by atoms with Crippen LogP contribution in [0.2, 0.25) is 0 Å². The van der Waals surface area contributed by atoms with Gasteiger partial charge in [0.15, 0.2) is 0 Å². The van der Waals surface area contributed by atoms with Crippen LogP contribution in [0.4, 0.5) is 0 Å². The Hall–Kier alpha value is 1.20. The molecule has 0 aromatic carbocycles. The van der Waals surface area contributed by atoms with Crippen molar-refractivity contribution in [3.05, 3.63) is 0 Å². The SMILES string of the molecule is CCCCCCCCCCCC(CSCCCC)N(C)C.CCCCCCCCCCCC(CSCCCC)N(C)C.[Cl-].[Cl-]. The molecule has 0 aliphatic rings. The molecule has 0 aliphatic heterocycles. The van der Waals surface area contributed by atoms with Gasteiger partial charge in [-0.15, -0.1) is 0 Å². The summed E-state index contributed by atoms with van der Waals surface area (Å²) in [6, 6.07) is 1.58. The third kappa shape index (κ3) is 41.2. The molecular weight excluding hydrogens is 619 g/mol. The molecule has 0 N–H and O–H groups in total. The Morgan fingerprint density at radius 3 is 0.864 bits per heavy atom.